The number of aromatic nitrogens is 1. The first-order chi connectivity index (χ1) is 8.51. The van der Waals surface area contributed by atoms with Gasteiger partial charge in [-0.15, -0.1) is 11.6 Å². The molecule has 1 aromatic heterocycles. The molecule has 0 fully saturated rings. The van der Waals surface area contributed by atoms with Crippen molar-refractivity contribution in [2.24, 2.45) is 12.5 Å². The van der Waals surface area contributed by atoms with E-state index >= 15 is 0 Å². The van der Waals surface area contributed by atoms with Crippen LogP contribution in [0.15, 0.2) is 17.2 Å². The van der Waals surface area contributed by atoms with Gasteiger partial charge in [-0.1, -0.05) is 20.8 Å². The molecule has 6 heteroatoms. The third kappa shape index (κ3) is 3.33. The molecule has 4 nitrogen and oxygen atoms in total. The number of aryl methyl sites for hydroxylation is 1. The summed E-state index contributed by atoms with van der Waals surface area (Å²) >= 11 is 5.78. The molecule has 0 N–H and O–H groups in total. The number of alkyl halides is 1. The number of sulfonamides is 1. The van der Waals surface area contributed by atoms with Crippen LogP contribution in [0, 0.1) is 5.41 Å². The molecule has 1 rings (SSSR count). The standard InChI is InChI=1S/C13H23ClN2O2S/c1-10(13(2,3)4)16(6)19(17,18)12-7-11(8-14)15(5)9-12/h7,9-10H,8H2,1-6H3. The molecule has 0 aliphatic rings. The highest BCUT2D eigenvalue weighted by atomic mass is 35.5. The minimum absolute atomic E-state index is 0.0999. The van der Waals surface area contributed by atoms with Crippen LogP contribution in [0.4, 0.5) is 0 Å². The van der Waals surface area contributed by atoms with Crippen molar-refractivity contribution >= 4 is 21.6 Å². The van der Waals surface area contributed by atoms with Crippen LogP contribution in [0.25, 0.3) is 0 Å². The summed E-state index contributed by atoms with van der Waals surface area (Å²) in [7, 11) is -0.0601. The fraction of sp³-hybridized carbons (Fsp3) is 0.692. The second kappa shape index (κ2) is 5.46. The van der Waals surface area contributed by atoms with Crippen LogP contribution in [0.3, 0.4) is 0 Å². The molecular formula is C13H23ClN2O2S. The molecule has 0 bridgehead atoms. The third-order valence-electron chi connectivity index (χ3n) is 3.70. The summed E-state index contributed by atoms with van der Waals surface area (Å²) in [5, 5.41) is 0. The number of rotatable bonds is 4. The fourth-order valence-electron chi connectivity index (χ4n) is 1.77. The molecule has 1 heterocycles. The van der Waals surface area contributed by atoms with E-state index in [0.717, 1.165) is 5.69 Å². The monoisotopic (exact) mass is 306 g/mol. The molecule has 0 radical (unpaired) electrons. The van der Waals surface area contributed by atoms with Crippen molar-refractivity contribution in [2.75, 3.05) is 7.05 Å². The maximum Gasteiger partial charge on any atom is 0.244 e. The van der Waals surface area contributed by atoms with E-state index in [1.54, 1.807) is 30.9 Å². The zero-order chi connectivity index (χ0) is 15.0. The molecule has 0 spiro atoms. The van der Waals surface area contributed by atoms with Gasteiger partial charge in [0.2, 0.25) is 10.0 Å². The maximum absolute atomic E-state index is 12.6. The first kappa shape index (κ1) is 16.5. The van der Waals surface area contributed by atoms with Gasteiger partial charge in [-0.3, -0.25) is 0 Å². The molecule has 0 aromatic carbocycles. The number of hydrogen-bond donors (Lipinski definition) is 0. The number of nitrogens with zero attached hydrogens (tertiary/aromatic N) is 2. The number of halogens is 1. The molecule has 1 unspecified atom stereocenters. The Morgan fingerprint density at radius 1 is 1.42 bits per heavy atom. The smallest absolute Gasteiger partial charge is 0.244 e. The third-order valence-corrected chi connectivity index (χ3v) is 5.86. The summed E-state index contributed by atoms with van der Waals surface area (Å²) in [4.78, 5) is 0.296. The second-order valence-corrected chi connectivity index (χ2v) is 8.24. The summed E-state index contributed by atoms with van der Waals surface area (Å²) in [5.74, 6) is 0.296. The number of hydrogen-bond acceptors (Lipinski definition) is 2. The average Bonchev–Trinajstić information content (AvgIpc) is 2.67. The van der Waals surface area contributed by atoms with Crippen LogP contribution >= 0.6 is 11.6 Å². The molecular weight excluding hydrogens is 284 g/mol. The van der Waals surface area contributed by atoms with E-state index in [2.05, 4.69) is 0 Å². The van der Waals surface area contributed by atoms with Crippen molar-refractivity contribution in [3.05, 3.63) is 18.0 Å². The van der Waals surface area contributed by atoms with Gasteiger partial charge in [0.15, 0.2) is 0 Å². The lowest BCUT2D eigenvalue weighted by atomic mass is 9.88. The molecule has 0 aliphatic heterocycles. The first-order valence-electron chi connectivity index (χ1n) is 6.21. The van der Waals surface area contributed by atoms with Crippen molar-refractivity contribution < 1.29 is 8.42 Å². The Bertz CT molecular complexity index is 543. The average molecular weight is 307 g/mol. The van der Waals surface area contributed by atoms with E-state index in [4.69, 9.17) is 11.6 Å². The van der Waals surface area contributed by atoms with Gasteiger partial charge in [0.25, 0.3) is 0 Å². The predicted octanol–water partition coefficient (Wildman–Crippen LogP) is 2.82. The quantitative estimate of drug-likeness (QED) is 0.803. The second-order valence-electron chi connectivity index (χ2n) is 5.97. The van der Waals surface area contributed by atoms with Crippen LogP contribution in [0.5, 0.6) is 0 Å². The normalized spacial score (nSPS) is 14.9. The van der Waals surface area contributed by atoms with E-state index in [9.17, 15) is 8.42 Å². The summed E-state index contributed by atoms with van der Waals surface area (Å²) in [6.45, 7) is 8.00. The first-order valence-corrected chi connectivity index (χ1v) is 8.18. The Balaban J connectivity index is 3.16. The van der Waals surface area contributed by atoms with Gasteiger partial charge in [0.1, 0.15) is 4.90 Å². The van der Waals surface area contributed by atoms with Crippen LogP contribution in [0.2, 0.25) is 0 Å². The lowest BCUT2D eigenvalue weighted by molar-refractivity contribution is 0.216. The predicted molar refractivity (Wildman–Crippen MR) is 78.8 cm³/mol. The van der Waals surface area contributed by atoms with Crippen molar-refractivity contribution in [3.63, 3.8) is 0 Å². The lowest BCUT2D eigenvalue weighted by Crippen LogP contribution is -2.42. The highest BCUT2D eigenvalue weighted by Crippen LogP contribution is 2.28. The van der Waals surface area contributed by atoms with E-state index < -0.39 is 10.0 Å². The summed E-state index contributed by atoms with van der Waals surface area (Å²) in [6.07, 6.45) is 1.61. The van der Waals surface area contributed by atoms with Crippen molar-refractivity contribution in [2.45, 2.75) is 44.5 Å². The SMILES string of the molecule is CC(N(C)S(=O)(=O)c1cc(CCl)n(C)c1)C(C)(C)C. The molecule has 0 aliphatic carbocycles. The largest absolute Gasteiger partial charge is 0.352 e. The minimum Gasteiger partial charge on any atom is -0.352 e. The van der Waals surface area contributed by atoms with E-state index in [0.29, 0.717) is 10.8 Å². The van der Waals surface area contributed by atoms with Gasteiger partial charge >= 0.3 is 0 Å². The van der Waals surface area contributed by atoms with E-state index in [-0.39, 0.29) is 11.5 Å². The van der Waals surface area contributed by atoms with Gasteiger partial charge < -0.3 is 4.57 Å². The van der Waals surface area contributed by atoms with E-state index in [1.165, 1.54) is 4.31 Å². The van der Waals surface area contributed by atoms with Gasteiger partial charge in [-0.05, 0) is 18.4 Å². The summed E-state index contributed by atoms with van der Waals surface area (Å²) < 4.78 is 28.3. The molecule has 1 aromatic rings. The zero-order valence-electron chi connectivity index (χ0n) is 12.4. The highest BCUT2D eigenvalue weighted by Gasteiger charge is 2.33. The van der Waals surface area contributed by atoms with Gasteiger partial charge in [0.05, 0.1) is 5.88 Å². The molecule has 0 saturated carbocycles. The molecule has 110 valence electrons. The van der Waals surface area contributed by atoms with Crippen LogP contribution < -0.4 is 0 Å². The minimum atomic E-state index is -3.48. The van der Waals surface area contributed by atoms with Crippen LogP contribution in [-0.2, 0) is 23.0 Å². The van der Waals surface area contributed by atoms with E-state index in [1.807, 2.05) is 27.7 Å². The Kier molecular flexibility index (Phi) is 4.75. The van der Waals surface area contributed by atoms with Crippen LogP contribution in [-0.4, -0.2) is 30.4 Å². The Morgan fingerprint density at radius 3 is 2.32 bits per heavy atom. The molecule has 0 saturated heterocycles. The summed E-state index contributed by atoms with van der Waals surface area (Å²) in [5.41, 5.74) is 0.670. The fourth-order valence-corrected chi connectivity index (χ4v) is 3.68. The molecule has 1 atom stereocenters. The lowest BCUT2D eigenvalue weighted by Gasteiger charge is -2.34. The van der Waals surface area contributed by atoms with Crippen LogP contribution in [0.1, 0.15) is 33.4 Å². The highest BCUT2D eigenvalue weighted by molar-refractivity contribution is 7.89. The van der Waals surface area contributed by atoms with Crippen molar-refractivity contribution in [3.8, 4) is 0 Å². The molecule has 0 amide bonds. The topological polar surface area (TPSA) is 42.3 Å². The Labute approximate surface area is 121 Å². The Morgan fingerprint density at radius 2 is 1.95 bits per heavy atom. The Hall–Kier alpha value is -0.520. The zero-order valence-corrected chi connectivity index (χ0v) is 14.0. The van der Waals surface area contributed by atoms with Crippen molar-refractivity contribution in [1.82, 2.24) is 8.87 Å². The van der Waals surface area contributed by atoms with Gasteiger partial charge in [-0.25, -0.2) is 8.42 Å². The maximum atomic E-state index is 12.6. The van der Waals surface area contributed by atoms with Gasteiger partial charge in [-0.2, -0.15) is 4.31 Å². The van der Waals surface area contributed by atoms with Gasteiger partial charge in [0, 0.05) is 32.0 Å². The van der Waals surface area contributed by atoms with Crippen molar-refractivity contribution in [1.29, 1.82) is 0 Å². The summed E-state index contributed by atoms with van der Waals surface area (Å²) in [6, 6.07) is 1.53. The molecule has 19 heavy (non-hydrogen) atoms.